The van der Waals surface area contributed by atoms with Gasteiger partial charge in [0.05, 0.1) is 24.9 Å². The Morgan fingerprint density at radius 2 is 1.97 bits per heavy atom. The zero-order chi connectivity index (χ0) is 21.2. The molecule has 1 atom stereocenters. The molecule has 0 bridgehead atoms. The molecule has 0 radical (unpaired) electrons. The molecule has 1 aliphatic rings. The number of carbonyl (C=O) groups is 1. The van der Waals surface area contributed by atoms with E-state index in [2.05, 4.69) is 20.2 Å². The molecule has 1 saturated heterocycles. The van der Waals surface area contributed by atoms with Gasteiger partial charge in [-0.15, -0.1) is 0 Å². The van der Waals surface area contributed by atoms with Crippen LogP contribution >= 0.6 is 0 Å². The van der Waals surface area contributed by atoms with Crippen molar-refractivity contribution in [1.82, 2.24) is 20.2 Å². The van der Waals surface area contributed by atoms with Crippen molar-refractivity contribution in [1.29, 1.82) is 0 Å². The number of nitrogens with zero attached hydrogens (tertiary/aromatic N) is 2. The van der Waals surface area contributed by atoms with Gasteiger partial charge in [-0.1, -0.05) is 20.8 Å². The summed E-state index contributed by atoms with van der Waals surface area (Å²) < 4.78 is 11.3. The molecule has 1 unspecified atom stereocenters. The number of hydrogen-bond acceptors (Lipinski definition) is 6. The third-order valence-corrected chi connectivity index (χ3v) is 5.07. The molecule has 2 aromatic rings. The number of amides is 1. The van der Waals surface area contributed by atoms with Crippen molar-refractivity contribution in [2.24, 2.45) is 0 Å². The van der Waals surface area contributed by atoms with Gasteiger partial charge < -0.3 is 19.5 Å². The van der Waals surface area contributed by atoms with Crippen LogP contribution in [0.15, 0.2) is 21.3 Å². The number of hydrogen-bond donors (Lipinski definition) is 2. The Morgan fingerprint density at radius 1 is 1.28 bits per heavy atom. The lowest BCUT2D eigenvalue weighted by atomic mass is 9.95. The van der Waals surface area contributed by atoms with Crippen molar-refractivity contribution in [3.05, 3.63) is 51.1 Å². The Balaban J connectivity index is 1.79. The molecule has 3 heterocycles. The zero-order valence-electron chi connectivity index (χ0n) is 17.8. The first-order valence-corrected chi connectivity index (χ1v) is 9.94. The second kappa shape index (κ2) is 8.51. The molecule has 0 aromatic carbocycles. The van der Waals surface area contributed by atoms with Crippen LogP contribution < -0.4 is 10.9 Å². The summed E-state index contributed by atoms with van der Waals surface area (Å²) in [4.78, 5) is 34.8. The molecule has 0 spiro atoms. The average molecular weight is 402 g/mol. The minimum atomic E-state index is -0.432. The quantitative estimate of drug-likeness (QED) is 0.794. The van der Waals surface area contributed by atoms with E-state index < -0.39 is 11.5 Å². The Morgan fingerprint density at radius 3 is 2.52 bits per heavy atom. The van der Waals surface area contributed by atoms with Gasteiger partial charge in [0.2, 0.25) is 0 Å². The van der Waals surface area contributed by atoms with Crippen molar-refractivity contribution >= 4 is 5.91 Å². The van der Waals surface area contributed by atoms with Crippen LogP contribution in [0.3, 0.4) is 0 Å². The topological polar surface area (TPSA) is 100 Å². The number of aromatic nitrogens is 2. The molecule has 1 fully saturated rings. The third-order valence-electron chi connectivity index (χ3n) is 5.07. The van der Waals surface area contributed by atoms with Crippen LogP contribution in [0.4, 0.5) is 0 Å². The summed E-state index contributed by atoms with van der Waals surface area (Å²) in [6.45, 7) is 12.6. The second-order valence-electron chi connectivity index (χ2n) is 8.45. The molecule has 29 heavy (non-hydrogen) atoms. The zero-order valence-corrected chi connectivity index (χ0v) is 17.8. The van der Waals surface area contributed by atoms with E-state index in [0.717, 1.165) is 24.6 Å². The lowest BCUT2D eigenvalue weighted by molar-refractivity contribution is 0.0117. The lowest BCUT2D eigenvalue weighted by Crippen LogP contribution is -2.44. The fourth-order valence-electron chi connectivity index (χ4n) is 3.42. The Labute approximate surface area is 170 Å². The van der Waals surface area contributed by atoms with Crippen LogP contribution in [-0.2, 0) is 10.2 Å². The van der Waals surface area contributed by atoms with Crippen LogP contribution in [0.1, 0.15) is 60.2 Å². The summed E-state index contributed by atoms with van der Waals surface area (Å²) in [6.07, 6.45) is 0. The van der Waals surface area contributed by atoms with Crippen molar-refractivity contribution in [2.45, 2.75) is 46.1 Å². The predicted molar refractivity (Wildman–Crippen MR) is 109 cm³/mol. The molecule has 1 amide bonds. The molecule has 0 saturated carbocycles. The lowest BCUT2D eigenvalue weighted by Gasteiger charge is -2.33. The van der Waals surface area contributed by atoms with Gasteiger partial charge in [-0.25, -0.2) is 4.98 Å². The number of H-pyrrole nitrogens is 1. The fraction of sp³-hybridized carbons (Fsp3) is 0.571. The highest BCUT2D eigenvalue weighted by molar-refractivity contribution is 5.94. The van der Waals surface area contributed by atoms with Gasteiger partial charge in [-0.3, -0.25) is 14.5 Å². The van der Waals surface area contributed by atoms with Crippen molar-refractivity contribution in [2.75, 3.05) is 32.8 Å². The number of nitrogens with one attached hydrogen (secondary N) is 2. The van der Waals surface area contributed by atoms with Crippen LogP contribution in [0.2, 0.25) is 0 Å². The standard InChI is InChI=1S/C21H30N4O4/c1-13-6-7-16(29-13)15(25-8-10-28-11-9-25)12-22-18(26)17-14(2)23-20(21(3,4)5)24-19(17)27/h6-7,15H,8-12H2,1-5H3,(H,22,26)(H,23,24,27). The predicted octanol–water partition coefficient (Wildman–Crippen LogP) is 2.08. The first-order chi connectivity index (χ1) is 13.7. The van der Waals surface area contributed by atoms with Gasteiger partial charge in [-0.2, -0.15) is 0 Å². The minimum Gasteiger partial charge on any atom is -0.465 e. The van der Waals surface area contributed by atoms with E-state index in [0.29, 0.717) is 31.3 Å². The SMILES string of the molecule is Cc1ccc(C(CNC(=O)c2c(C)nc(C(C)(C)C)[nH]c2=O)N2CCOCC2)o1. The second-order valence-corrected chi connectivity index (χ2v) is 8.45. The van der Waals surface area contributed by atoms with Gasteiger partial charge >= 0.3 is 0 Å². The van der Waals surface area contributed by atoms with Gasteiger partial charge in [0, 0.05) is 25.0 Å². The van der Waals surface area contributed by atoms with E-state index in [1.165, 1.54) is 0 Å². The number of furan rings is 1. The summed E-state index contributed by atoms with van der Waals surface area (Å²) in [5.74, 6) is 1.74. The number of carbonyl (C=O) groups excluding carboxylic acids is 1. The van der Waals surface area contributed by atoms with Crippen LogP contribution in [-0.4, -0.2) is 53.6 Å². The van der Waals surface area contributed by atoms with Crippen molar-refractivity contribution in [3.63, 3.8) is 0 Å². The molecule has 8 heteroatoms. The Hall–Kier alpha value is -2.45. The average Bonchev–Trinajstić information content (AvgIpc) is 3.07. The number of aromatic amines is 1. The molecular formula is C21H30N4O4. The highest BCUT2D eigenvalue weighted by Gasteiger charge is 2.27. The van der Waals surface area contributed by atoms with E-state index in [9.17, 15) is 9.59 Å². The monoisotopic (exact) mass is 402 g/mol. The Kier molecular flexibility index (Phi) is 6.24. The van der Waals surface area contributed by atoms with Crippen molar-refractivity contribution in [3.8, 4) is 0 Å². The van der Waals surface area contributed by atoms with Gasteiger partial charge in [0.1, 0.15) is 22.9 Å². The van der Waals surface area contributed by atoms with Gasteiger partial charge in [0.25, 0.3) is 11.5 Å². The number of morpholine rings is 1. The highest BCUT2D eigenvalue weighted by atomic mass is 16.5. The third kappa shape index (κ3) is 4.94. The fourth-order valence-corrected chi connectivity index (χ4v) is 3.42. The first-order valence-electron chi connectivity index (χ1n) is 9.94. The first kappa shape index (κ1) is 21.3. The molecule has 3 rings (SSSR count). The van der Waals surface area contributed by atoms with E-state index in [-0.39, 0.29) is 17.0 Å². The summed E-state index contributed by atoms with van der Waals surface area (Å²) >= 11 is 0. The normalized spacial score (nSPS) is 16.6. The maximum absolute atomic E-state index is 12.8. The van der Waals surface area contributed by atoms with Crippen LogP contribution in [0, 0.1) is 13.8 Å². The van der Waals surface area contributed by atoms with E-state index >= 15 is 0 Å². The van der Waals surface area contributed by atoms with Gasteiger partial charge in [0.15, 0.2) is 0 Å². The summed E-state index contributed by atoms with van der Waals surface area (Å²) in [5.41, 5.74) is -0.253. The van der Waals surface area contributed by atoms with Crippen molar-refractivity contribution < 1.29 is 13.9 Å². The van der Waals surface area contributed by atoms with Crippen LogP contribution in [0.25, 0.3) is 0 Å². The molecule has 0 aliphatic carbocycles. The maximum Gasteiger partial charge on any atom is 0.264 e. The number of rotatable bonds is 5. The molecule has 1 aliphatic heterocycles. The van der Waals surface area contributed by atoms with Crippen LogP contribution in [0.5, 0.6) is 0 Å². The summed E-state index contributed by atoms with van der Waals surface area (Å²) in [5, 5.41) is 2.90. The molecule has 158 valence electrons. The van der Waals surface area contributed by atoms with Gasteiger partial charge in [-0.05, 0) is 26.0 Å². The molecule has 2 N–H and O–H groups in total. The van der Waals surface area contributed by atoms with E-state index in [4.69, 9.17) is 9.15 Å². The number of aryl methyl sites for hydroxylation is 2. The van der Waals surface area contributed by atoms with E-state index in [1.54, 1.807) is 6.92 Å². The summed E-state index contributed by atoms with van der Waals surface area (Å²) in [6, 6.07) is 3.71. The Bertz CT molecular complexity index is 919. The molecule has 2 aromatic heterocycles. The number of ether oxygens (including phenoxy) is 1. The molecular weight excluding hydrogens is 372 g/mol. The smallest absolute Gasteiger partial charge is 0.264 e. The van der Waals surface area contributed by atoms with E-state index in [1.807, 2.05) is 39.8 Å². The maximum atomic E-state index is 12.8. The minimum absolute atomic E-state index is 0.0503. The molecule has 8 nitrogen and oxygen atoms in total. The highest BCUT2D eigenvalue weighted by Crippen LogP contribution is 2.23. The summed E-state index contributed by atoms with van der Waals surface area (Å²) in [7, 11) is 0. The largest absolute Gasteiger partial charge is 0.465 e.